The Morgan fingerprint density at radius 3 is 2.24 bits per heavy atom. The Bertz CT molecular complexity index is 197. The van der Waals surface area contributed by atoms with E-state index in [1.807, 2.05) is 0 Å². The molecule has 0 aromatic rings. The summed E-state index contributed by atoms with van der Waals surface area (Å²) in [5.41, 5.74) is 0.368. The molecule has 0 spiro atoms. The van der Waals surface area contributed by atoms with Crippen molar-refractivity contribution in [3.8, 4) is 0 Å². The Hall–Kier alpha value is -0.370. The third-order valence-electron chi connectivity index (χ3n) is 3.41. The van der Waals surface area contributed by atoms with Gasteiger partial charge in [0.25, 0.3) is 0 Å². The van der Waals surface area contributed by atoms with Crippen molar-refractivity contribution in [3.63, 3.8) is 0 Å². The summed E-state index contributed by atoms with van der Waals surface area (Å²) in [5.74, 6) is 0.203. The first-order valence-corrected chi connectivity index (χ1v) is 7.14. The molecule has 0 saturated heterocycles. The summed E-state index contributed by atoms with van der Waals surface area (Å²) >= 11 is 0. The SMILES string of the molecule is CCCCCCC(C)(C)CCCC(=O)CCO. The first-order chi connectivity index (χ1) is 8.02. The maximum atomic E-state index is 11.3. The number of ketones is 1. The minimum Gasteiger partial charge on any atom is -0.396 e. The van der Waals surface area contributed by atoms with Crippen molar-refractivity contribution in [2.45, 2.75) is 78.6 Å². The van der Waals surface area contributed by atoms with Crippen LogP contribution in [-0.2, 0) is 4.79 Å². The smallest absolute Gasteiger partial charge is 0.135 e. The maximum Gasteiger partial charge on any atom is 0.135 e. The lowest BCUT2D eigenvalue weighted by Gasteiger charge is -2.24. The fraction of sp³-hybridized carbons (Fsp3) is 0.933. The number of carbonyl (C=O) groups excluding carboxylic acids is 1. The van der Waals surface area contributed by atoms with E-state index in [1.165, 1.54) is 32.1 Å². The average Bonchev–Trinajstić information content (AvgIpc) is 2.24. The van der Waals surface area contributed by atoms with Gasteiger partial charge in [0.05, 0.1) is 0 Å². The third kappa shape index (κ3) is 10.5. The first kappa shape index (κ1) is 16.6. The minimum atomic E-state index is -0.000750. The summed E-state index contributed by atoms with van der Waals surface area (Å²) in [5, 5.41) is 8.64. The Morgan fingerprint density at radius 1 is 1.00 bits per heavy atom. The average molecular weight is 242 g/mol. The van der Waals surface area contributed by atoms with Gasteiger partial charge in [0.1, 0.15) is 5.78 Å². The van der Waals surface area contributed by atoms with Crippen LogP contribution < -0.4 is 0 Å². The molecule has 2 heteroatoms. The number of carbonyl (C=O) groups is 1. The summed E-state index contributed by atoms with van der Waals surface area (Å²) in [4.78, 5) is 11.3. The second kappa shape index (κ2) is 9.64. The summed E-state index contributed by atoms with van der Waals surface area (Å²) in [6.07, 6.45) is 9.60. The summed E-state index contributed by atoms with van der Waals surface area (Å²) in [7, 11) is 0. The number of hydrogen-bond acceptors (Lipinski definition) is 2. The highest BCUT2D eigenvalue weighted by Gasteiger charge is 2.17. The van der Waals surface area contributed by atoms with Crippen LogP contribution in [0.4, 0.5) is 0 Å². The van der Waals surface area contributed by atoms with Gasteiger partial charge in [-0.3, -0.25) is 4.79 Å². The van der Waals surface area contributed by atoms with Crippen LogP contribution in [0.15, 0.2) is 0 Å². The Balaban J connectivity index is 3.59. The molecule has 0 saturated carbocycles. The number of aliphatic hydroxyl groups excluding tert-OH is 1. The highest BCUT2D eigenvalue weighted by Crippen LogP contribution is 2.30. The number of rotatable bonds is 11. The topological polar surface area (TPSA) is 37.3 Å². The van der Waals surface area contributed by atoms with E-state index in [9.17, 15) is 4.79 Å². The zero-order chi connectivity index (χ0) is 13.1. The molecule has 0 bridgehead atoms. The molecule has 0 aliphatic heterocycles. The molecule has 0 unspecified atom stereocenters. The van der Waals surface area contributed by atoms with Crippen LogP contribution in [0.5, 0.6) is 0 Å². The number of Topliss-reactive ketones (excluding diaryl/α,β-unsaturated/α-hetero) is 1. The summed E-state index contributed by atoms with van der Waals surface area (Å²) in [6.45, 7) is 6.84. The fourth-order valence-electron chi connectivity index (χ4n) is 2.17. The lowest BCUT2D eigenvalue weighted by molar-refractivity contribution is -0.119. The van der Waals surface area contributed by atoms with Gasteiger partial charge >= 0.3 is 0 Å². The van der Waals surface area contributed by atoms with Crippen molar-refractivity contribution in [1.82, 2.24) is 0 Å². The van der Waals surface area contributed by atoms with Crippen molar-refractivity contribution in [1.29, 1.82) is 0 Å². The molecule has 102 valence electrons. The minimum absolute atomic E-state index is 0.000750. The van der Waals surface area contributed by atoms with Crippen LogP contribution in [0.2, 0.25) is 0 Å². The quantitative estimate of drug-likeness (QED) is 0.554. The normalized spacial score (nSPS) is 11.8. The van der Waals surface area contributed by atoms with E-state index < -0.39 is 0 Å². The zero-order valence-electron chi connectivity index (χ0n) is 11.9. The van der Waals surface area contributed by atoms with Gasteiger partial charge < -0.3 is 5.11 Å². The molecule has 0 aromatic heterocycles. The molecule has 0 aliphatic carbocycles. The standard InChI is InChI=1S/C15H30O2/c1-4-5-6-7-11-15(2,3)12-8-9-14(17)10-13-16/h16H,4-13H2,1-3H3. The van der Waals surface area contributed by atoms with Crippen LogP contribution in [0.1, 0.15) is 78.6 Å². The van der Waals surface area contributed by atoms with Crippen LogP contribution >= 0.6 is 0 Å². The molecule has 17 heavy (non-hydrogen) atoms. The predicted molar refractivity (Wildman–Crippen MR) is 73.1 cm³/mol. The Kier molecular flexibility index (Phi) is 9.43. The molecule has 2 nitrogen and oxygen atoms in total. The van der Waals surface area contributed by atoms with Gasteiger partial charge in [0.15, 0.2) is 0 Å². The highest BCUT2D eigenvalue weighted by molar-refractivity contribution is 5.78. The van der Waals surface area contributed by atoms with Crippen molar-refractivity contribution in [2.24, 2.45) is 5.41 Å². The monoisotopic (exact) mass is 242 g/mol. The van der Waals surface area contributed by atoms with Gasteiger partial charge in [0.2, 0.25) is 0 Å². The molecule has 0 heterocycles. The zero-order valence-corrected chi connectivity index (χ0v) is 11.9. The van der Waals surface area contributed by atoms with E-state index in [0.717, 1.165) is 12.8 Å². The molecular weight excluding hydrogens is 212 g/mol. The Morgan fingerprint density at radius 2 is 1.65 bits per heavy atom. The van der Waals surface area contributed by atoms with E-state index in [-0.39, 0.29) is 12.4 Å². The second-order valence-electron chi connectivity index (χ2n) is 5.84. The van der Waals surface area contributed by atoms with Gasteiger partial charge in [-0.2, -0.15) is 0 Å². The molecule has 1 N–H and O–H groups in total. The molecule has 0 rings (SSSR count). The van der Waals surface area contributed by atoms with Crippen LogP contribution in [0.3, 0.4) is 0 Å². The van der Waals surface area contributed by atoms with E-state index >= 15 is 0 Å². The second-order valence-corrected chi connectivity index (χ2v) is 5.84. The summed E-state index contributed by atoms with van der Waals surface area (Å²) < 4.78 is 0. The lowest BCUT2D eigenvalue weighted by atomic mass is 9.82. The van der Waals surface area contributed by atoms with Crippen molar-refractivity contribution < 1.29 is 9.90 Å². The highest BCUT2D eigenvalue weighted by atomic mass is 16.3. The first-order valence-electron chi connectivity index (χ1n) is 7.14. The maximum absolute atomic E-state index is 11.3. The summed E-state index contributed by atoms with van der Waals surface area (Å²) in [6, 6.07) is 0. The molecule has 0 radical (unpaired) electrons. The van der Waals surface area contributed by atoms with Gasteiger partial charge in [-0.1, -0.05) is 46.5 Å². The Labute approximate surface area is 107 Å². The van der Waals surface area contributed by atoms with Gasteiger partial charge in [-0.05, 0) is 24.7 Å². The van der Waals surface area contributed by atoms with Crippen molar-refractivity contribution in [2.75, 3.05) is 6.61 Å². The van der Waals surface area contributed by atoms with E-state index in [0.29, 0.717) is 18.3 Å². The largest absolute Gasteiger partial charge is 0.396 e. The number of hydrogen-bond donors (Lipinski definition) is 1. The molecule has 0 aromatic carbocycles. The molecule has 0 fully saturated rings. The molecule has 0 atom stereocenters. The van der Waals surface area contributed by atoms with Gasteiger partial charge in [0, 0.05) is 19.4 Å². The van der Waals surface area contributed by atoms with Crippen molar-refractivity contribution in [3.05, 3.63) is 0 Å². The van der Waals surface area contributed by atoms with Crippen LogP contribution in [0, 0.1) is 5.41 Å². The van der Waals surface area contributed by atoms with E-state index in [4.69, 9.17) is 5.11 Å². The lowest BCUT2D eigenvalue weighted by Crippen LogP contribution is -2.12. The van der Waals surface area contributed by atoms with Gasteiger partial charge in [-0.25, -0.2) is 0 Å². The third-order valence-corrected chi connectivity index (χ3v) is 3.41. The number of aliphatic hydroxyl groups is 1. The van der Waals surface area contributed by atoms with Crippen molar-refractivity contribution >= 4 is 5.78 Å². The van der Waals surface area contributed by atoms with Crippen LogP contribution in [0.25, 0.3) is 0 Å². The molecule has 0 amide bonds. The van der Waals surface area contributed by atoms with E-state index in [1.54, 1.807) is 0 Å². The molecule has 0 aliphatic rings. The number of unbranched alkanes of at least 4 members (excludes halogenated alkanes) is 3. The predicted octanol–water partition coefficient (Wildman–Crippen LogP) is 4.10. The van der Waals surface area contributed by atoms with E-state index in [2.05, 4.69) is 20.8 Å². The molecular formula is C15H30O2. The van der Waals surface area contributed by atoms with Crippen LogP contribution in [-0.4, -0.2) is 17.5 Å². The fourth-order valence-corrected chi connectivity index (χ4v) is 2.17. The van der Waals surface area contributed by atoms with Gasteiger partial charge in [-0.15, -0.1) is 0 Å².